The highest BCUT2D eigenvalue weighted by Crippen LogP contribution is 2.23. The zero-order valence-corrected chi connectivity index (χ0v) is 15.4. The second kappa shape index (κ2) is 7.24. The van der Waals surface area contributed by atoms with Crippen LogP contribution in [0.1, 0.15) is 0 Å². The second-order valence-electron chi connectivity index (χ2n) is 6.56. The number of likely N-dealkylation sites (N-methyl/N-ethyl adjacent to an activating group) is 1. The van der Waals surface area contributed by atoms with Gasteiger partial charge >= 0.3 is 0 Å². The zero-order valence-electron chi connectivity index (χ0n) is 15.4. The summed E-state index contributed by atoms with van der Waals surface area (Å²) in [6.45, 7) is 3.72. The summed E-state index contributed by atoms with van der Waals surface area (Å²) in [5.74, 6) is 1.33. The van der Waals surface area contributed by atoms with E-state index in [9.17, 15) is 4.79 Å². The molecule has 8 heteroatoms. The van der Waals surface area contributed by atoms with Gasteiger partial charge in [-0.25, -0.2) is 14.6 Å². The Morgan fingerprint density at radius 1 is 1.11 bits per heavy atom. The van der Waals surface area contributed by atoms with Gasteiger partial charge in [-0.3, -0.25) is 10.2 Å². The van der Waals surface area contributed by atoms with Crippen LogP contribution < -0.4 is 20.6 Å². The average Bonchev–Trinajstić information content (AvgIpc) is 2.71. The Morgan fingerprint density at radius 3 is 2.67 bits per heavy atom. The van der Waals surface area contributed by atoms with Gasteiger partial charge in [0, 0.05) is 38.6 Å². The van der Waals surface area contributed by atoms with E-state index in [-0.39, 0.29) is 5.56 Å². The van der Waals surface area contributed by atoms with E-state index in [1.165, 1.54) is 4.68 Å². The Bertz CT molecular complexity index is 1010. The molecule has 0 atom stereocenters. The Labute approximate surface area is 157 Å². The summed E-state index contributed by atoms with van der Waals surface area (Å²) >= 11 is 0. The van der Waals surface area contributed by atoms with Crippen LogP contribution in [0, 0.1) is 0 Å². The summed E-state index contributed by atoms with van der Waals surface area (Å²) in [7, 11) is 3.70. The van der Waals surface area contributed by atoms with Crippen LogP contribution in [0.3, 0.4) is 0 Å². The van der Waals surface area contributed by atoms with Crippen molar-refractivity contribution < 1.29 is 4.74 Å². The van der Waals surface area contributed by atoms with E-state index in [0.717, 1.165) is 26.2 Å². The van der Waals surface area contributed by atoms with Crippen molar-refractivity contribution in [2.24, 2.45) is 0 Å². The van der Waals surface area contributed by atoms with Crippen molar-refractivity contribution >= 4 is 22.5 Å². The molecule has 0 amide bonds. The number of pyridine rings is 1. The second-order valence-corrected chi connectivity index (χ2v) is 6.56. The number of aromatic nitrogens is 3. The van der Waals surface area contributed by atoms with Crippen molar-refractivity contribution in [2.45, 2.75) is 0 Å². The quantitative estimate of drug-likeness (QED) is 0.748. The van der Waals surface area contributed by atoms with Crippen molar-refractivity contribution in [1.82, 2.24) is 19.5 Å². The number of fused-ring (bicyclic) bond motifs is 1. The van der Waals surface area contributed by atoms with E-state index in [1.54, 1.807) is 19.5 Å². The largest absolute Gasteiger partial charge is 0.495 e. The molecule has 1 aliphatic rings. The highest BCUT2D eigenvalue weighted by molar-refractivity contribution is 5.77. The average molecular weight is 366 g/mol. The SMILES string of the molecule is COc1ccccc1Nn1ccc2nc(N3CCN(C)CC3)ncc2c1=O. The molecule has 0 radical (unpaired) electrons. The first-order valence-electron chi connectivity index (χ1n) is 8.87. The van der Waals surface area contributed by atoms with Crippen LogP contribution in [0.5, 0.6) is 5.75 Å². The van der Waals surface area contributed by atoms with Gasteiger partial charge in [-0.1, -0.05) is 12.1 Å². The van der Waals surface area contributed by atoms with Crippen molar-refractivity contribution in [2.75, 3.05) is 50.7 Å². The number of hydrogen-bond acceptors (Lipinski definition) is 7. The molecule has 2 aromatic heterocycles. The molecule has 3 aromatic rings. The number of piperazine rings is 1. The molecule has 27 heavy (non-hydrogen) atoms. The van der Waals surface area contributed by atoms with Crippen LogP contribution in [-0.2, 0) is 0 Å². The van der Waals surface area contributed by atoms with Crippen molar-refractivity contribution in [1.29, 1.82) is 0 Å². The Morgan fingerprint density at radius 2 is 1.89 bits per heavy atom. The molecule has 0 unspecified atom stereocenters. The number of nitrogens with zero attached hydrogens (tertiary/aromatic N) is 5. The summed E-state index contributed by atoms with van der Waals surface area (Å²) in [6, 6.07) is 9.26. The Kier molecular flexibility index (Phi) is 4.64. The fraction of sp³-hybridized carbons (Fsp3) is 0.316. The maximum atomic E-state index is 12.8. The van der Waals surface area contributed by atoms with Crippen LogP contribution in [-0.4, -0.2) is 59.9 Å². The molecule has 4 rings (SSSR count). The predicted molar refractivity (Wildman–Crippen MR) is 106 cm³/mol. The molecule has 1 N–H and O–H groups in total. The Hall–Kier alpha value is -3.13. The van der Waals surface area contributed by atoms with E-state index < -0.39 is 0 Å². The molecular weight excluding hydrogens is 344 g/mol. The molecule has 1 aliphatic heterocycles. The van der Waals surface area contributed by atoms with Gasteiger partial charge in [0.15, 0.2) is 0 Å². The minimum absolute atomic E-state index is 0.205. The van der Waals surface area contributed by atoms with E-state index in [2.05, 4.69) is 32.2 Å². The molecule has 0 spiro atoms. The smallest absolute Gasteiger partial charge is 0.280 e. The third-order valence-corrected chi connectivity index (χ3v) is 4.77. The van der Waals surface area contributed by atoms with E-state index >= 15 is 0 Å². The highest BCUT2D eigenvalue weighted by atomic mass is 16.5. The number of rotatable bonds is 4. The number of para-hydroxylation sites is 2. The van der Waals surface area contributed by atoms with Gasteiger partial charge in [0.1, 0.15) is 5.75 Å². The van der Waals surface area contributed by atoms with Crippen LogP contribution in [0.25, 0.3) is 10.9 Å². The van der Waals surface area contributed by atoms with Crippen molar-refractivity contribution in [3.8, 4) is 5.75 Å². The molecule has 140 valence electrons. The first-order valence-corrected chi connectivity index (χ1v) is 8.87. The maximum Gasteiger partial charge on any atom is 0.280 e. The number of hydrogen-bond donors (Lipinski definition) is 1. The molecule has 1 aromatic carbocycles. The van der Waals surface area contributed by atoms with Gasteiger partial charge in [-0.2, -0.15) is 0 Å². The molecule has 0 saturated carbocycles. The lowest BCUT2D eigenvalue weighted by Crippen LogP contribution is -2.45. The minimum Gasteiger partial charge on any atom is -0.495 e. The third-order valence-electron chi connectivity index (χ3n) is 4.77. The van der Waals surface area contributed by atoms with Crippen molar-refractivity contribution in [3.63, 3.8) is 0 Å². The standard InChI is InChI=1S/C19H22N6O2/c1-23-9-11-24(12-10-23)19-20-13-14-15(21-19)7-8-25(18(14)26)22-16-5-3-4-6-17(16)27-2/h3-8,13,22H,9-12H2,1-2H3. The molecule has 0 bridgehead atoms. The number of nitrogens with one attached hydrogen (secondary N) is 1. The fourth-order valence-corrected chi connectivity index (χ4v) is 3.13. The van der Waals surface area contributed by atoms with Gasteiger partial charge in [0.2, 0.25) is 5.95 Å². The van der Waals surface area contributed by atoms with Gasteiger partial charge in [-0.05, 0) is 25.2 Å². The number of methoxy groups -OCH3 is 1. The van der Waals surface area contributed by atoms with Crippen LogP contribution in [0.2, 0.25) is 0 Å². The summed E-state index contributed by atoms with van der Waals surface area (Å²) in [4.78, 5) is 26.3. The van der Waals surface area contributed by atoms with Crippen LogP contribution in [0.4, 0.5) is 11.6 Å². The monoisotopic (exact) mass is 366 g/mol. The molecule has 1 fully saturated rings. The zero-order chi connectivity index (χ0) is 18.8. The highest BCUT2D eigenvalue weighted by Gasteiger charge is 2.17. The minimum atomic E-state index is -0.205. The molecular formula is C19H22N6O2. The predicted octanol–water partition coefficient (Wildman–Crippen LogP) is 1.43. The van der Waals surface area contributed by atoms with Crippen LogP contribution in [0.15, 0.2) is 47.5 Å². The summed E-state index contributed by atoms with van der Waals surface area (Å²) in [5, 5.41) is 0.470. The third kappa shape index (κ3) is 3.43. The van der Waals surface area contributed by atoms with Gasteiger partial charge in [0.05, 0.1) is 23.7 Å². The topological polar surface area (TPSA) is 75.5 Å². The maximum absolute atomic E-state index is 12.8. The lowest BCUT2D eigenvalue weighted by Gasteiger charge is -2.32. The lowest BCUT2D eigenvalue weighted by molar-refractivity contribution is 0.311. The van der Waals surface area contributed by atoms with Crippen LogP contribution >= 0.6 is 0 Å². The first-order chi connectivity index (χ1) is 13.2. The van der Waals surface area contributed by atoms with Gasteiger partial charge in [-0.15, -0.1) is 0 Å². The number of ether oxygens (including phenoxy) is 1. The normalized spacial score (nSPS) is 15.1. The summed E-state index contributed by atoms with van der Waals surface area (Å²) in [6.07, 6.45) is 3.29. The molecule has 3 heterocycles. The number of benzene rings is 1. The van der Waals surface area contributed by atoms with Gasteiger partial charge < -0.3 is 14.5 Å². The van der Waals surface area contributed by atoms with Crippen molar-refractivity contribution in [3.05, 3.63) is 53.1 Å². The van der Waals surface area contributed by atoms with E-state index in [0.29, 0.717) is 28.3 Å². The fourth-order valence-electron chi connectivity index (χ4n) is 3.13. The Balaban J connectivity index is 1.64. The van der Waals surface area contributed by atoms with E-state index in [1.807, 2.05) is 30.3 Å². The van der Waals surface area contributed by atoms with E-state index in [4.69, 9.17) is 4.74 Å². The summed E-state index contributed by atoms with van der Waals surface area (Å²) < 4.78 is 6.74. The van der Waals surface area contributed by atoms with Gasteiger partial charge in [0.25, 0.3) is 5.56 Å². The molecule has 8 nitrogen and oxygen atoms in total. The lowest BCUT2D eigenvalue weighted by atomic mass is 10.3. The molecule has 0 aliphatic carbocycles. The summed E-state index contributed by atoms with van der Waals surface area (Å²) in [5.41, 5.74) is 4.21. The first kappa shape index (κ1) is 17.3. The number of anilines is 2. The molecule has 1 saturated heterocycles.